The quantitative estimate of drug-likeness (QED) is 0.377. The molecular formula is C24H46N2. The van der Waals surface area contributed by atoms with Crippen molar-refractivity contribution in [3.05, 3.63) is 17.2 Å². The first-order chi connectivity index (χ1) is 12.1. The SMILES string of the molecule is CCCCCC(C)(C)c1nc(C(C)(CC)CC)c(C(C)(C)CCCC)[nH]1. The van der Waals surface area contributed by atoms with Gasteiger partial charge in [0.25, 0.3) is 0 Å². The van der Waals surface area contributed by atoms with Crippen LogP contribution in [0.2, 0.25) is 0 Å². The highest BCUT2D eigenvalue weighted by atomic mass is 15.0. The van der Waals surface area contributed by atoms with E-state index in [0.29, 0.717) is 0 Å². The van der Waals surface area contributed by atoms with E-state index in [1.165, 1.54) is 62.2 Å². The van der Waals surface area contributed by atoms with E-state index in [4.69, 9.17) is 4.98 Å². The molecular weight excluding hydrogens is 316 g/mol. The van der Waals surface area contributed by atoms with Crippen LogP contribution in [0, 0.1) is 0 Å². The number of nitrogens with zero attached hydrogens (tertiary/aromatic N) is 1. The number of H-pyrrole nitrogens is 1. The molecule has 1 aromatic rings. The van der Waals surface area contributed by atoms with E-state index in [0.717, 1.165) is 12.8 Å². The van der Waals surface area contributed by atoms with E-state index in [1.807, 2.05) is 0 Å². The normalized spacial score (nSPS) is 13.4. The summed E-state index contributed by atoms with van der Waals surface area (Å²) in [5, 5.41) is 0. The molecule has 0 aliphatic rings. The van der Waals surface area contributed by atoms with Crippen LogP contribution < -0.4 is 0 Å². The van der Waals surface area contributed by atoms with Crippen molar-refractivity contribution in [2.75, 3.05) is 0 Å². The van der Waals surface area contributed by atoms with Gasteiger partial charge in [0.1, 0.15) is 5.82 Å². The summed E-state index contributed by atoms with van der Waals surface area (Å²) in [5.41, 5.74) is 3.16. The maximum absolute atomic E-state index is 5.29. The van der Waals surface area contributed by atoms with Crippen molar-refractivity contribution in [1.82, 2.24) is 9.97 Å². The van der Waals surface area contributed by atoms with Crippen molar-refractivity contribution >= 4 is 0 Å². The molecule has 0 aliphatic carbocycles. The van der Waals surface area contributed by atoms with E-state index < -0.39 is 0 Å². The third-order valence-corrected chi connectivity index (χ3v) is 6.71. The summed E-state index contributed by atoms with van der Waals surface area (Å²) in [7, 11) is 0. The highest BCUT2D eigenvalue weighted by molar-refractivity contribution is 5.31. The molecule has 0 radical (unpaired) electrons. The van der Waals surface area contributed by atoms with Gasteiger partial charge in [-0.05, 0) is 25.7 Å². The minimum atomic E-state index is 0.116. The van der Waals surface area contributed by atoms with Crippen LogP contribution in [-0.2, 0) is 16.2 Å². The summed E-state index contributed by atoms with van der Waals surface area (Å²) < 4.78 is 0. The lowest BCUT2D eigenvalue weighted by Crippen LogP contribution is -2.28. The average Bonchev–Trinajstić information content (AvgIpc) is 3.07. The second-order valence-corrected chi connectivity index (χ2v) is 9.91. The molecule has 2 nitrogen and oxygen atoms in total. The van der Waals surface area contributed by atoms with Crippen LogP contribution in [-0.4, -0.2) is 9.97 Å². The minimum Gasteiger partial charge on any atom is -0.345 e. The largest absolute Gasteiger partial charge is 0.345 e. The molecule has 0 unspecified atom stereocenters. The summed E-state index contributed by atoms with van der Waals surface area (Å²) in [4.78, 5) is 9.15. The number of hydrogen-bond acceptors (Lipinski definition) is 1. The lowest BCUT2D eigenvalue weighted by molar-refractivity contribution is 0.391. The zero-order chi connectivity index (χ0) is 20.0. The van der Waals surface area contributed by atoms with Gasteiger partial charge in [0.15, 0.2) is 0 Å². The third-order valence-electron chi connectivity index (χ3n) is 6.71. The Morgan fingerprint density at radius 2 is 1.27 bits per heavy atom. The van der Waals surface area contributed by atoms with Crippen molar-refractivity contribution < 1.29 is 0 Å². The van der Waals surface area contributed by atoms with E-state index in [2.05, 4.69) is 67.3 Å². The third kappa shape index (κ3) is 5.36. The maximum atomic E-state index is 5.29. The van der Waals surface area contributed by atoms with Gasteiger partial charge in [-0.2, -0.15) is 0 Å². The van der Waals surface area contributed by atoms with Crippen LogP contribution >= 0.6 is 0 Å². The highest BCUT2D eigenvalue weighted by Gasteiger charge is 2.37. The number of unbranched alkanes of at least 4 members (excludes halogenated alkanes) is 3. The monoisotopic (exact) mass is 362 g/mol. The van der Waals surface area contributed by atoms with Gasteiger partial charge in [-0.25, -0.2) is 4.98 Å². The van der Waals surface area contributed by atoms with Crippen molar-refractivity contribution in [3.63, 3.8) is 0 Å². The Bertz CT molecular complexity index is 532. The van der Waals surface area contributed by atoms with Crippen LogP contribution in [0.5, 0.6) is 0 Å². The summed E-state index contributed by atoms with van der Waals surface area (Å²) in [6.45, 7) is 21.1. The van der Waals surface area contributed by atoms with Gasteiger partial charge in [0.05, 0.1) is 5.69 Å². The second kappa shape index (κ2) is 9.42. The van der Waals surface area contributed by atoms with Gasteiger partial charge in [-0.1, -0.05) is 94.4 Å². The Balaban J connectivity index is 3.36. The van der Waals surface area contributed by atoms with E-state index in [-0.39, 0.29) is 16.2 Å². The number of hydrogen-bond donors (Lipinski definition) is 1. The molecule has 0 atom stereocenters. The smallest absolute Gasteiger partial charge is 0.112 e. The molecule has 26 heavy (non-hydrogen) atoms. The standard InChI is InChI=1S/C24H46N2/c1-10-14-16-18-23(7,8)21-25-19(22(5,6)17-15-11-2)20(26-21)24(9,12-3)13-4/h10-18H2,1-9H3,(H,25,26). The lowest BCUT2D eigenvalue weighted by atomic mass is 9.74. The van der Waals surface area contributed by atoms with Crippen LogP contribution in [0.4, 0.5) is 0 Å². The van der Waals surface area contributed by atoms with Gasteiger partial charge in [0, 0.05) is 21.9 Å². The molecule has 0 fully saturated rings. The summed E-state index contributed by atoms with van der Waals surface area (Å²) in [6, 6.07) is 0. The first-order valence-corrected chi connectivity index (χ1v) is 11.2. The fourth-order valence-corrected chi connectivity index (χ4v) is 3.88. The molecule has 0 saturated carbocycles. The predicted octanol–water partition coefficient (Wildman–Crippen LogP) is 7.81. The second-order valence-electron chi connectivity index (χ2n) is 9.91. The Morgan fingerprint density at radius 3 is 1.77 bits per heavy atom. The Labute approximate surface area is 164 Å². The van der Waals surface area contributed by atoms with Crippen LogP contribution in [0.15, 0.2) is 0 Å². The highest BCUT2D eigenvalue weighted by Crippen LogP contribution is 2.41. The molecule has 1 heterocycles. The molecule has 0 bridgehead atoms. The summed E-state index contributed by atoms with van der Waals surface area (Å²) >= 11 is 0. The topological polar surface area (TPSA) is 28.7 Å². The van der Waals surface area contributed by atoms with E-state index in [9.17, 15) is 0 Å². The molecule has 0 aliphatic heterocycles. The Morgan fingerprint density at radius 1 is 0.731 bits per heavy atom. The number of aromatic nitrogens is 2. The first-order valence-electron chi connectivity index (χ1n) is 11.2. The van der Waals surface area contributed by atoms with E-state index in [1.54, 1.807) is 0 Å². The fraction of sp³-hybridized carbons (Fsp3) is 0.875. The average molecular weight is 363 g/mol. The number of imidazole rings is 1. The van der Waals surface area contributed by atoms with Gasteiger partial charge in [0.2, 0.25) is 0 Å². The molecule has 0 saturated heterocycles. The molecule has 152 valence electrons. The molecule has 1 N–H and O–H groups in total. The molecule has 1 rings (SSSR count). The van der Waals surface area contributed by atoms with Gasteiger partial charge >= 0.3 is 0 Å². The zero-order valence-corrected chi connectivity index (χ0v) is 19.3. The molecule has 1 aromatic heterocycles. The maximum Gasteiger partial charge on any atom is 0.112 e. The zero-order valence-electron chi connectivity index (χ0n) is 19.3. The van der Waals surface area contributed by atoms with E-state index >= 15 is 0 Å². The van der Waals surface area contributed by atoms with Gasteiger partial charge in [-0.3, -0.25) is 0 Å². The Kier molecular flexibility index (Phi) is 8.42. The van der Waals surface area contributed by atoms with Crippen molar-refractivity contribution in [1.29, 1.82) is 0 Å². The molecule has 0 spiro atoms. The van der Waals surface area contributed by atoms with Gasteiger partial charge in [-0.15, -0.1) is 0 Å². The minimum absolute atomic E-state index is 0.116. The molecule has 0 amide bonds. The van der Waals surface area contributed by atoms with Crippen molar-refractivity contribution in [2.24, 2.45) is 0 Å². The van der Waals surface area contributed by atoms with Crippen molar-refractivity contribution in [2.45, 2.75) is 136 Å². The van der Waals surface area contributed by atoms with Crippen molar-refractivity contribution in [3.8, 4) is 0 Å². The molecule has 0 aromatic carbocycles. The first kappa shape index (κ1) is 23.2. The lowest BCUT2D eigenvalue weighted by Gasteiger charge is -2.31. The number of rotatable bonds is 12. The summed E-state index contributed by atoms with van der Waals surface area (Å²) in [6.07, 6.45) is 11.1. The Hall–Kier alpha value is -0.790. The van der Waals surface area contributed by atoms with Crippen LogP contribution in [0.25, 0.3) is 0 Å². The summed E-state index contributed by atoms with van der Waals surface area (Å²) in [5.74, 6) is 1.20. The predicted molar refractivity (Wildman–Crippen MR) is 116 cm³/mol. The fourth-order valence-electron chi connectivity index (χ4n) is 3.88. The molecule has 2 heteroatoms. The van der Waals surface area contributed by atoms with Crippen LogP contribution in [0.1, 0.15) is 137 Å². The number of nitrogens with one attached hydrogen (secondary N) is 1. The van der Waals surface area contributed by atoms with Crippen LogP contribution in [0.3, 0.4) is 0 Å². The van der Waals surface area contributed by atoms with Gasteiger partial charge < -0.3 is 4.98 Å². The number of aromatic amines is 1.